The second-order valence-corrected chi connectivity index (χ2v) is 7.19. The molecular weight excluding hydrogens is 473 g/mol. The molecule has 0 aliphatic heterocycles. The molecule has 0 aliphatic rings. The van der Waals surface area contributed by atoms with Gasteiger partial charge in [-0.3, -0.25) is 9.59 Å². The highest BCUT2D eigenvalue weighted by molar-refractivity contribution is 6.39. The summed E-state index contributed by atoms with van der Waals surface area (Å²) < 4.78 is 22.2. The van der Waals surface area contributed by atoms with Crippen LogP contribution < -0.4 is 23.4 Å². The van der Waals surface area contributed by atoms with E-state index in [0.29, 0.717) is 30.5 Å². The van der Waals surface area contributed by atoms with Gasteiger partial charge in [0, 0.05) is 17.8 Å². The first-order valence-electron chi connectivity index (χ1n) is 10.00. The molecule has 0 fully saturated rings. The third-order valence-electron chi connectivity index (χ3n) is 4.31. The molecule has 0 N–H and O–H groups in total. The predicted molar refractivity (Wildman–Crippen MR) is 126 cm³/mol. The Kier molecular flexibility index (Phi) is 9.74. The van der Waals surface area contributed by atoms with Crippen LogP contribution >= 0.6 is 23.4 Å². The fraction of sp³-hybridized carbons (Fsp3) is 0.364. The minimum Gasteiger partial charge on any atom is -0.495 e. The molecule has 11 heteroatoms. The standard InChI is InChI=1S/C22H25Cl2N3O6/c1-6-32-14-8-10-17(33-7-2)16(12-14)27(24)22(29)20(13(3)28)26-25-15-9-11-18(30-4)19(23)21(15)31-5/h8-12,20H,6-7H2,1-5H3. The van der Waals surface area contributed by atoms with Crippen LogP contribution in [0.3, 0.4) is 0 Å². The van der Waals surface area contributed by atoms with E-state index in [-0.39, 0.29) is 22.1 Å². The summed E-state index contributed by atoms with van der Waals surface area (Å²) in [5.41, 5.74) is 0.415. The van der Waals surface area contributed by atoms with Crippen LogP contribution in [0.5, 0.6) is 23.0 Å². The van der Waals surface area contributed by atoms with E-state index in [1.165, 1.54) is 27.2 Å². The number of anilines is 1. The highest BCUT2D eigenvalue weighted by Crippen LogP contribution is 2.41. The molecule has 0 aliphatic carbocycles. The average molecular weight is 498 g/mol. The number of amides is 1. The van der Waals surface area contributed by atoms with Gasteiger partial charge in [0.25, 0.3) is 5.91 Å². The normalized spacial score (nSPS) is 11.7. The maximum Gasteiger partial charge on any atom is 0.276 e. The largest absolute Gasteiger partial charge is 0.495 e. The molecule has 2 aromatic carbocycles. The zero-order valence-electron chi connectivity index (χ0n) is 18.9. The fourth-order valence-corrected chi connectivity index (χ4v) is 3.33. The number of Topliss-reactive ketones (excluding diaryl/α,β-unsaturated/α-hetero) is 1. The number of hydrogen-bond acceptors (Lipinski definition) is 8. The van der Waals surface area contributed by atoms with Crippen LogP contribution in [0.15, 0.2) is 40.6 Å². The van der Waals surface area contributed by atoms with Crippen molar-refractivity contribution in [2.45, 2.75) is 26.8 Å². The number of ketones is 1. The van der Waals surface area contributed by atoms with Crippen molar-refractivity contribution in [2.24, 2.45) is 10.2 Å². The first-order valence-corrected chi connectivity index (χ1v) is 10.7. The lowest BCUT2D eigenvalue weighted by molar-refractivity contribution is -0.126. The number of hydrogen-bond donors (Lipinski definition) is 0. The Balaban J connectivity index is 2.41. The van der Waals surface area contributed by atoms with Crippen LogP contribution in [0, 0.1) is 0 Å². The first kappa shape index (κ1) is 26.2. The van der Waals surface area contributed by atoms with Gasteiger partial charge < -0.3 is 18.9 Å². The van der Waals surface area contributed by atoms with Crippen molar-refractivity contribution in [3.8, 4) is 23.0 Å². The Labute approximate surface area is 202 Å². The Morgan fingerprint density at radius 2 is 1.70 bits per heavy atom. The number of benzene rings is 2. The van der Waals surface area contributed by atoms with Gasteiger partial charge in [-0.05, 0) is 45.0 Å². The van der Waals surface area contributed by atoms with Crippen LogP contribution in [-0.2, 0) is 9.59 Å². The lowest BCUT2D eigenvalue weighted by Crippen LogP contribution is -2.36. The van der Waals surface area contributed by atoms with E-state index < -0.39 is 17.7 Å². The topological polar surface area (TPSA) is 99.0 Å². The molecule has 178 valence electrons. The average Bonchev–Trinajstić information content (AvgIpc) is 2.79. The van der Waals surface area contributed by atoms with Gasteiger partial charge in [-0.15, -0.1) is 0 Å². The summed E-state index contributed by atoms with van der Waals surface area (Å²) in [6.45, 7) is 5.59. The Hall–Kier alpha value is -3.04. The lowest BCUT2D eigenvalue weighted by atomic mass is 10.2. The van der Waals surface area contributed by atoms with E-state index >= 15 is 0 Å². The molecule has 1 amide bonds. The maximum absolute atomic E-state index is 13.1. The third kappa shape index (κ3) is 6.27. The molecule has 0 saturated carbocycles. The minimum atomic E-state index is -1.52. The van der Waals surface area contributed by atoms with Crippen LogP contribution in [-0.4, -0.2) is 45.2 Å². The summed E-state index contributed by atoms with van der Waals surface area (Å²) in [7, 11) is 2.85. The zero-order chi connectivity index (χ0) is 24.5. The van der Waals surface area contributed by atoms with Crippen molar-refractivity contribution in [3.63, 3.8) is 0 Å². The van der Waals surface area contributed by atoms with Gasteiger partial charge in [-0.1, -0.05) is 11.6 Å². The molecule has 0 radical (unpaired) electrons. The van der Waals surface area contributed by atoms with E-state index in [0.717, 1.165) is 4.42 Å². The highest BCUT2D eigenvalue weighted by Gasteiger charge is 2.31. The number of carbonyl (C=O) groups is 2. The number of nitrogens with zero attached hydrogens (tertiary/aromatic N) is 3. The van der Waals surface area contributed by atoms with Gasteiger partial charge in [-0.2, -0.15) is 10.2 Å². The van der Waals surface area contributed by atoms with Crippen LogP contribution in [0.4, 0.5) is 11.4 Å². The fourth-order valence-electron chi connectivity index (χ4n) is 2.79. The smallest absolute Gasteiger partial charge is 0.276 e. The number of rotatable bonds is 11. The number of carbonyl (C=O) groups excluding carboxylic acids is 2. The summed E-state index contributed by atoms with van der Waals surface area (Å²) in [5, 5.41) is 8.12. The molecule has 0 spiro atoms. The molecule has 33 heavy (non-hydrogen) atoms. The van der Waals surface area contributed by atoms with Crippen LogP contribution in [0.2, 0.25) is 5.02 Å². The zero-order valence-corrected chi connectivity index (χ0v) is 20.4. The van der Waals surface area contributed by atoms with Crippen LogP contribution in [0.1, 0.15) is 20.8 Å². The summed E-state index contributed by atoms with van der Waals surface area (Å²) in [4.78, 5) is 25.4. The molecule has 1 unspecified atom stereocenters. The van der Waals surface area contributed by atoms with Gasteiger partial charge >= 0.3 is 0 Å². The monoisotopic (exact) mass is 497 g/mol. The molecule has 1 atom stereocenters. The number of halogens is 2. The molecular formula is C22H25Cl2N3O6. The second-order valence-electron chi connectivity index (χ2n) is 6.48. The summed E-state index contributed by atoms with van der Waals surface area (Å²) in [5.74, 6) is -0.00956. The van der Waals surface area contributed by atoms with Crippen molar-refractivity contribution in [3.05, 3.63) is 35.4 Å². The van der Waals surface area contributed by atoms with Crippen LogP contribution in [0.25, 0.3) is 0 Å². The van der Waals surface area contributed by atoms with Crippen molar-refractivity contribution < 1.29 is 28.5 Å². The summed E-state index contributed by atoms with van der Waals surface area (Å²) in [6, 6.07) is 6.44. The molecule has 0 bridgehead atoms. The van der Waals surface area contributed by atoms with Gasteiger partial charge in [0.15, 0.2) is 11.5 Å². The van der Waals surface area contributed by atoms with E-state index in [4.69, 9.17) is 42.3 Å². The second kappa shape index (κ2) is 12.3. The first-order chi connectivity index (χ1) is 15.8. The number of azo groups is 1. The predicted octanol–water partition coefficient (Wildman–Crippen LogP) is 5.38. The van der Waals surface area contributed by atoms with Crippen molar-refractivity contribution >= 4 is 46.4 Å². The molecule has 0 aromatic heterocycles. The maximum atomic E-state index is 13.1. The lowest BCUT2D eigenvalue weighted by Gasteiger charge is -2.20. The Bertz CT molecular complexity index is 1030. The van der Waals surface area contributed by atoms with Gasteiger partial charge in [0.05, 0.1) is 27.4 Å². The number of ether oxygens (including phenoxy) is 4. The van der Waals surface area contributed by atoms with E-state index in [2.05, 4.69) is 10.2 Å². The summed E-state index contributed by atoms with van der Waals surface area (Å²) in [6.07, 6.45) is 0. The molecule has 9 nitrogen and oxygen atoms in total. The minimum absolute atomic E-state index is 0.176. The quantitative estimate of drug-likeness (QED) is 0.234. The Morgan fingerprint density at radius 3 is 2.27 bits per heavy atom. The third-order valence-corrected chi connectivity index (χ3v) is 5.02. The van der Waals surface area contributed by atoms with Gasteiger partial charge in [0.2, 0.25) is 6.04 Å². The van der Waals surface area contributed by atoms with Crippen molar-refractivity contribution in [2.75, 3.05) is 31.9 Å². The molecule has 0 heterocycles. The van der Waals surface area contributed by atoms with Crippen molar-refractivity contribution in [1.29, 1.82) is 0 Å². The van der Waals surface area contributed by atoms with E-state index in [9.17, 15) is 9.59 Å². The molecule has 0 saturated heterocycles. The highest BCUT2D eigenvalue weighted by atomic mass is 35.5. The summed E-state index contributed by atoms with van der Waals surface area (Å²) >= 11 is 12.6. The van der Waals surface area contributed by atoms with E-state index in [1.54, 1.807) is 31.2 Å². The van der Waals surface area contributed by atoms with Crippen molar-refractivity contribution in [1.82, 2.24) is 0 Å². The SMILES string of the molecule is CCOc1ccc(OCC)c(N(Cl)C(=O)C(N=Nc2ccc(OC)c(Cl)c2OC)C(C)=O)c1. The molecule has 2 aromatic rings. The Morgan fingerprint density at radius 1 is 1.03 bits per heavy atom. The molecule has 2 rings (SSSR count). The van der Waals surface area contributed by atoms with E-state index in [1.807, 2.05) is 6.92 Å². The van der Waals surface area contributed by atoms with Gasteiger partial charge in [0.1, 0.15) is 33.6 Å². The van der Waals surface area contributed by atoms with Gasteiger partial charge in [-0.25, -0.2) is 4.42 Å². The number of methoxy groups -OCH3 is 2.